The van der Waals surface area contributed by atoms with Gasteiger partial charge in [0, 0.05) is 35.4 Å². The molecule has 0 aliphatic rings. The van der Waals surface area contributed by atoms with E-state index in [4.69, 9.17) is 0 Å². The predicted molar refractivity (Wildman–Crippen MR) is 124 cm³/mol. The van der Waals surface area contributed by atoms with Crippen molar-refractivity contribution < 1.29 is 18.0 Å². The molecule has 3 aromatic heterocycles. The van der Waals surface area contributed by atoms with Crippen molar-refractivity contribution in [3.8, 4) is 11.3 Å². The number of anilines is 1. The van der Waals surface area contributed by atoms with Crippen LogP contribution >= 0.6 is 0 Å². The van der Waals surface area contributed by atoms with Gasteiger partial charge in [-0.25, -0.2) is 9.97 Å². The van der Waals surface area contributed by atoms with E-state index in [-0.39, 0.29) is 12.5 Å². The summed E-state index contributed by atoms with van der Waals surface area (Å²) in [5.41, 5.74) is 1.96. The van der Waals surface area contributed by atoms with Gasteiger partial charge in [-0.3, -0.25) is 14.8 Å². The first-order valence-corrected chi connectivity index (χ1v) is 10.3. The highest BCUT2D eigenvalue weighted by molar-refractivity contribution is 6.08. The standard InChI is InChI=1S/C24H23F3N6O/c1-5-11-28-19(6-2)17-8-10-21(30-12-17)32-22(34)14-33-15(3)23(31-16(33)4)18-7-9-20(29-13-18)24(25,26)27/h5-13H,2,14H2,1,3-4H3,(H,30,32,34)/b11-5-,28-19+. The molecule has 0 atom stereocenters. The highest BCUT2D eigenvalue weighted by atomic mass is 19.4. The highest BCUT2D eigenvalue weighted by Gasteiger charge is 2.32. The number of carbonyl (C=O) groups excluding carboxylic acids is 1. The van der Waals surface area contributed by atoms with Crippen molar-refractivity contribution in [3.63, 3.8) is 0 Å². The number of aliphatic imine (C=N–C) groups is 1. The molecule has 1 N–H and O–H groups in total. The fourth-order valence-corrected chi connectivity index (χ4v) is 3.23. The fraction of sp³-hybridized carbons (Fsp3) is 0.208. The van der Waals surface area contributed by atoms with Gasteiger partial charge in [0.2, 0.25) is 5.91 Å². The zero-order valence-corrected chi connectivity index (χ0v) is 18.9. The lowest BCUT2D eigenvalue weighted by molar-refractivity contribution is -0.141. The minimum atomic E-state index is -4.51. The van der Waals surface area contributed by atoms with Gasteiger partial charge in [0.05, 0.1) is 11.4 Å². The zero-order chi connectivity index (χ0) is 24.9. The van der Waals surface area contributed by atoms with Crippen molar-refractivity contribution in [1.29, 1.82) is 0 Å². The first-order chi connectivity index (χ1) is 16.1. The largest absolute Gasteiger partial charge is 0.433 e. The highest BCUT2D eigenvalue weighted by Crippen LogP contribution is 2.29. The average Bonchev–Trinajstić information content (AvgIpc) is 3.08. The number of allylic oxidation sites excluding steroid dienone is 2. The topological polar surface area (TPSA) is 85.1 Å². The number of rotatable bonds is 7. The number of alkyl halides is 3. The van der Waals surface area contributed by atoms with E-state index in [0.29, 0.717) is 34.3 Å². The van der Waals surface area contributed by atoms with Gasteiger partial charge in [0.25, 0.3) is 0 Å². The number of carbonyl (C=O) groups is 1. The van der Waals surface area contributed by atoms with E-state index in [9.17, 15) is 18.0 Å². The van der Waals surface area contributed by atoms with Crippen molar-refractivity contribution in [2.45, 2.75) is 33.5 Å². The fourth-order valence-electron chi connectivity index (χ4n) is 3.23. The Morgan fingerprint density at radius 3 is 2.50 bits per heavy atom. The van der Waals surface area contributed by atoms with Crippen LogP contribution in [0.3, 0.4) is 0 Å². The number of halogens is 3. The quantitative estimate of drug-likeness (QED) is 0.488. The second-order valence-corrected chi connectivity index (χ2v) is 7.29. The van der Waals surface area contributed by atoms with E-state index in [0.717, 1.165) is 17.8 Å². The Hall–Kier alpha value is -4.08. The molecule has 0 spiro atoms. The van der Waals surface area contributed by atoms with Crippen molar-refractivity contribution in [3.05, 3.63) is 84.4 Å². The monoisotopic (exact) mass is 468 g/mol. The maximum absolute atomic E-state index is 12.8. The molecule has 0 bridgehead atoms. The van der Waals surface area contributed by atoms with E-state index in [1.165, 1.54) is 6.07 Å². The van der Waals surface area contributed by atoms with Crippen molar-refractivity contribution in [2.75, 3.05) is 5.32 Å². The third-order valence-corrected chi connectivity index (χ3v) is 4.92. The van der Waals surface area contributed by atoms with E-state index < -0.39 is 11.9 Å². The molecule has 34 heavy (non-hydrogen) atoms. The molecule has 0 unspecified atom stereocenters. The Bertz CT molecular complexity index is 1240. The second-order valence-electron chi connectivity index (χ2n) is 7.29. The second kappa shape index (κ2) is 10.2. The summed E-state index contributed by atoms with van der Waals surface area (Å²) in [6.07, 6.45) is 3.26. The predicted octanol–water partition coefficient (Wildman–Crippen LogP) is 5.12. The van der Waals surface area contributed by atoms with Gasteiger partial charge < -0.3 is 9.88 Å². The lowest BCUT2D eigenvalue weighted by atomic mass is 10.1. The van der Waals surface area contributed by atoms with E-state index in [1.807, 2.05) is 6.92 Å². The summed E-state index contributed by atoms with van der Waals surface area (Å²) in [5, 5.41) is 2.73. The van der Waals surface area contributed by atoms with Gasteiger partial charge in [-0.1, -0.05) is 12.7 Å². The van der Waals surface area contributed by atoms with E-state index >= 15 is 0 Å². The van der Waals surface area contributed by atoms with Crippen LogP contribution in [0, 0.1) is 13.8 Å². The molecular formula is C24H23F3N6O. The van der Waals surface area contributed by atoms with Crippen LogP contribution in [-0.2, 0) is 17.5 Å². The first-order valence-electron chi connectivity index (χ1n) is 10.3. The first kappa shape index (κ1) is 24.6. The lowest BCUT2D eigenvalue weighted by Crippen LogP contribution is -2.21. The van der Waals surface area contributed by atoms with Gasteiger partial charge in [0.1, 0.15) is 23.9 Å². The number of aromatic nitrogens is 4. The summed E-state index contributed by atoms with van der Waals surface area (Å²) in [7, 11) is 0. The summed E-state index contributed by atoms with van der Waals surface area (Å²) < 4.78 is 40.0. The number of amides is 1. The van der Waals surface area contributed by atoms with Gasteiger partial charge in [0.15, 0.2) is 0 Å². The van der Waals surface area contributed by atoms with Gasteiger partial charge >= 0.3 is 6.18 Å². The van der Waals surface area contributed by atoms with Crippen LogP contribution in [0.2, 0.25) is 0 Å². The third kappa shape index (κ3) is 5.64. The summed E-state index contributed by atoms with van der Waals surface area (Å²) in [5.74, 6) is 0.583. The number of hydrogen-bond acceptors (Lipinski definition) is 5. The van der Waals surface area contributed by atoms with Gasteiger partial charge in [-0.05, 0) is 51.1 Å². The summed E-state index contributed by atoms with van der Waals surface area (Å²) in [6.45, 7) is 9.02. The molecule has 3 rings (SSSR count). The molecule has 176 valence electrons. The maximum atomic E-state index is 12.8. The number of pyridine rings is 2. The molecule has 0 aliphatic heterocycles. The summed E-state index contributed by atoms with van der Waals surface area (Å²) >= 11 is 0. The van der Waals surface area contributed by atoms with Crippen LogP contribution < -0.4 is 5.32 Å². The third-order valence-electron chi connectivity index (χ3n) is 4.92. The minimum absolute atomic E-state index is 0.0389. The molecule has 0 saturated heterocycles. The van der Waals surface area contributed by atoms with Crippen molar-refractivity contribution in [2.24, 2.45) is 4.99 Å². The Kier molecular flexibility index (Phi) is 7.40. The van der Waals surface area contributed by atoms with E-state index in [2.05, 4.69) is 31.8 Å². The summed E-state index contributed by atoms with van der Waals surface area (Å²) in [6, 6.07) is 5.66. The SMILES string of the molecule is C=C/C(=N\C=C/C)c1ccc(NC(=O)Cn2c(C)nc(-c3ccc(C(F)(F)F)nc3)c2C)nc1. The molecule has 0 fully saturated rings. The molecule has 1 amide bonds. The molecular weight excluding hydrogens is 445 g/mol. The van der Waals surface area contributed by atoms with Crippen LogP contribution in [0.25, 0.3) is 11.3 Å². The molecule has 0 aromatic carbocycles. The summed E-state index contributed by atoms with van der Waals surface area (Å²) in [4.78, 5) is 29.0. The maximum Gasteiger partial charge on any atom is 0.433 e. The number of nitrogens with zero attached hydrogens (tertiary/aromatic N) is 5. The molecule has 3 aromatic rings. The molecule has 0 saturated carbocycles. The molecule has 10 heteroatoms. The van der Waals surface area contributed by atoms with Crippen molar-refractivity contribution >= 4 is 17.4 Å². The Labute approximate surface area is 194 Å². The number of nitrogens with one attached hydrogen (secondary N) is 1. The molecule has 0 radical (unpaired) electrons. The number of imidazole rings is 1. The van der Waals surface area contributed by atoms with Crippen LogP contribution in [0.5, 0.6) is 0 Å². The van der Waals surface area contributed by atoms with Crippen molar-refractivity contribution in [1.82, 2.24) is 19.5 Å². The van der Waals surface area contributed by atoms with Crippen LogP contribution in [0.15, 0.2) is 66.6 Å². The van der Waals surface area contributed by atoms with Gasteiger partial charge in [-0.15, -0.1) is 0 Å². The number of aryl methyl sites for hydroxylation is 1. The average molecular weight is 468 g/mol. The smallest absolute Gasteiger partial charge is 0.322 e. The van der Waals surface area contributed by atoms with Gasteiger partial charge in [-0.2, -0.15) is 13.2 Å². The number of hydrogen-bond donors (Lipinski definition) is 1. The lowest BCUT2D eigenvalue weighted by Gasteiger charge is -2.10. The Morgan fingerprint density at radius 2 is 1.94 bits per heavy atom. The van der Waals surface area contributed by atoms with Crippen LogP contribution in [-0.4, -0.2) is 31.1 Å². The minimum Gasteiger partial charge on any atom is -0.322 e. The normalized spacial score (nSPS) is 12.2. The zero-order valence-electron chi connectivity index (χ0n) is 18.9. The molecule has 0 aliphatic carbocycles. The van der Waals surface area contributed by atoms with Crippen LogP contribution in [0.4, 0.5) is 19.0 Å². The Balaban J connectivity index is 1.73. The van der Waals surface area contributed by atoms with E-state index in [1.54, 1.807) is 55.1 Å². The Morgan fingerprint density at radius 1 is 1.18 bits per heavy atom. The molecule has 3 heterocycles. The molecule has 7 nitrogen and oxygen atoms in total. The van der Waals surface area contributed by atoms with Crippen LogP contribution in [0.1, 0.15) is 29.7 Å².